The molecule has 1 aliphatic rings. The zero-order chi connectivity index (χ0) is 30.5. The Morgan fingerprint density at radius 3 is 2.05 bits per heavy atom. The Hall–Kier alpha value is -5.62. The minimum atomic E-state index is -1.44. The van der Waals surface area contributed by atoms with Gasteiger partial charge in [0.1, 0.15) is 0 Å². The summed E-state index contributed by atoms with van der Waals surface area (Å²) in [4.78, 5) is 63.2. The lowest BCUT2D eigenvalue weighted by atomic mass is 10.0. The summed E-state index contributed by atoms with van der Waals surface area (Å²) >= 11 is 1.21. The molecule has 0 saturated carbocycles. The third-order valence-corrected chi connectivity index (χ3v) is 7.58. The third-order valence-electron chi connectivity index (χ3n) is 6.38. The molecule has 214 valence electrons. The van der Waals surface area contributed by atoms with Crippen molar-refractivity contribution in [1.82, 2.24) is 0 Å². The first-order valence-corrected chi connectivity index (χ1v) is 13.7. The molecule has 5 rings (SSSR count). The number of anilines is 2. The van der Waals surface area contributed by atoms with E-state index in [1.54, 1.807) is 48.5 Å². The Kier molecular flexibility index (Phi) is 8.39. The predicted molar refractivity (Wildman–Crippen MR) is 159 cm³/mol. The van der Waals surface area contributed by atoms with Crippen LogP contribution in [-0.2, 0) is 9.59 Å². The van der Waals surface area contributed by atoms with E-state index in [1.165, 1.54) is 11.8 Å². The monoisotopic (exact) mass is 594 g/mol. The number of benzene rings is 4. The van der Waals surface area contributed by atoms with Crippen molar-refractivity contribution < 1.29 is 34.2 Å². The molecule has 1 aliphatic heterocycles. The van der Waals surface area contributed by atoms with Crippen molar-refractivity contribution in [1.29, 1.82) is 0 Å². The Labute approximate surface area is 248 Å². The van der Waals surface area contributed by atoms with Crippen LogP contribution in [0.25, 0.3) is 0 Å². The topological polar surface area (TPSA) is 166 Å². The molecular weight excluding hydrogens is 572 g/mol. The van der Waals surface area contributed by atoms with E-state index in [0.29, 0.717) is 27.6 Å². The van der Waals surface area contributed by atoms with Gasteiger partial charge in [-0.2, -0.15) is 10.2 Å². The first-order valence-electron chi connectivity index (χ1n) is 12.8. The number of carboxylic acid groups (broad SMARTS) is 2. The number of imide groups is 1. The molecule has 4 aromatic rings. The van der Waals surface area contributed by atoms with Gasteiger partial charge in [0.05, 0.1) is 39.0 Å². The van der Waals surface area contributed by atoms with Crippen LogP contribution in [0.2, 0.25) is 0 Å². The van der Waals surface area contributed by atoms with Crippen molar-refractivity contribution in [2.24, 2.45) is 10.2 Å². The summed E-state index contributed by atoms with van der Waals surface area (Å²) < 4.78 is 0. The molecule has 3 amide bonds. The fourth-order valence-electron chi connectivity index (χ4n) is 4.28. The van der Waals surface area contributed by atoms with Gasteiger partial charge in [0.25, 0.3) is 5.91 Å². The van der Waals surface area contributed by atoms with Gasteiger partial charge in [-0.05, 0) is 78.9 Å². The van der Waals surface area contributed by atoms with E-state index in [9.17, 15) is 29.1 Å². The van der Waals surface area contributed by atoms with Gasteiger partial charge in [-0.3, -0.25) is 14.4 Å². The Morgan fingerprint density at radius 2 is 1.42 bits per heavy atom. The lowest BCUT2D eigenvalue weighted by molar-refractivity contribution is -0.121. The molecule has 0 aromatic heterocycles. The van der Waals surface area contributed by atoms with Gasteiger partial charge in [-0.1, -0.05) is 18.2 Å². The SMILES string of the molecule is O=C(O)c1ccc(C(=O)Nc2ccc(SC3CC(=O)N(c4ccc(N=Nc5ccccc5)cc4)C3=O)cc2)c(C(=O)O)c1. The molecule has 0 spiro atoms. The molecule has 1 unspecified atom stereocenters. The summed E-state index contributed by atoms with van der Waals surface area (Å²) in [5.74, 6) is -4.15. The number of azo groups is 1. The molecule has 4 aromatic carbocycles. The lowest BCUT2D eigenvalue weighted by Gasteiger charge is -2.15. The van der Waals surface area contributed by atoms with Gasteiger partial charge in [-0.25, -0.2) is 14.5 Å². The molecule has 11 nitrogen and oxygen atoms in total. The van der Waals surface area contributed by atoms with Gasteiger partial charge in [0.15, 0.2) is 0 Å². The van der Waals surface area contributed by atoms with Gasteiger partial charge in [0.2, 0.25) is 11.8 Å². The van der Waals surface area contributed by atoms with Crippen molar-refractivity contribution >= 4 is 64.2 Å². The average molecular weight is 595 g/mol. The number of aromatic carboxylic acids is 2. The number of amides is 3. The van der Waals surface area contributed by atoms with Crippen LogP contribution in [0.15, 0.2) is 112 Å². The Balaban J connectivity index is 1.22. The van der Waals surface area contributed by atoms with E-state index in [1.807, 2.05) is 30.3 Å². The molecule has 43 heavy (non-hydrogen) atoms. The fraction of sp³-hybridized carbons (Fsp3) is 0.0645. The highest BCUT2D eigenvalue weighted by Crippen LogP contribution is 2.35. The van der Waals surface area contributed by atoms with Crippen molar-refractivity contribution in [3.05, 3.63) is 114 Å². The third kappa shape index (κ3) is 6.66. The number of carbonyl (C=O) groups is 5. The number of thioether (sulfide) groups is 1. The summed E-state index contributed by atoms with van der Waals surface area (Å²) in [5, 5.41) is 28.8. The van der Waals surface area contributed by atoms with Crippen LogP contribution in [0.5, 0.6) is 0 Å². The fourth-order valence-corrected chi connectivity index (χ4v) is 5.33. The van der Waals surface area contributed by atoms with Crippen LogP contribution in [0.1, 0.15) is 37.5 Å². The zero-order valence-corrected chi connectivity index (χ0v) is 23.0. The molecule has 0 aliphatic carbocycles. The molecule has 3 N–H and O–H groups in total. The zero-order valence-electron chi connectivity index (χ0n) is 22.2. The molecular formula is C31H22N4O7S. The van der Waals surface area contributed by atoms with Crippen LogP contribution in [0.4, 0.5) is 22.7 Å². The molecule has 0 bridgehead atoms. The van der Waals surface area contributed by atoms with E-state index >= 15 is 0 Å². The predicted octanol–water partition coefficient (Wildman–Crippen LogP) is 6.17. The molecule has 1 atom stereocenters. The second-order valence-corrected chi connectivity index (χ2v) is 10.6. The summed E-state index contributed by atoms with van der Waals surface area (Å²) in [6.07, 6.45) is 0.0156. The van der Waals surface area contributed by atoms with Gasteiger partial charge in [-0.15, -0.1) is 11.8 Å². The van der Waals surface area contributed by atoms with E-state index in [4.69, 9.17) is 5.11 Å². The molecule has 0 radical (unpaired) electrons. The lowest BCUT2D eigenvalue weighted by Crippen LogP contribution is -2.30. The van der Waals surface area contributed by atoms with Crippen molar-refractivity contribution in [3.63, 3.8) is 0 Å². The highest BCUT2D eigenvalue weighted by Gasteiger charge is 2.40. The van der Waals surface area contributed by atoms with E-state index in [-0.39, 0.29) is 29.4 Å². The average Bonchev–Trinajstić information content (AvgIpc) is 3.29. The maximum absolute atomic E-state index is 13.1. The van der Waals surface area contributed by atoms with E-state index in [0.717, 1.165) is 23.1 Å². The smallest absolute Gasteiger partial charge is 0.336 e. The maximum atomic E-state index is 13.1. The molecule has 1 heterocycles. The Morgan fingerprint density at radius 1 is 0.767 bits per heavy atom. The highest BCUT2D eigenvalue weighted by atomic mass is 32.2. The number of carbonyl (C=O) groups excluding carboxylic acids is 3. The Bertz CT molecular complexity index is 1760. The number of rotatable bonds is 9. The standard InChI is InChI=1S/C31H22N4O7S/c36-27-17-26(29(38)35(27)22-11-7-21(8-12-22)34-33-20-4-2-1-3-5-20)43-23-13-9-19(10-14-23)32-28(37)24-15-6-18(30(39)40)16-25(24)31(41)42/h1-16,26H,17H2,(H,32,37)(H,39,40)(H,41,42). The van der Waals surface area contributed by atoms with E-state index in [2.05, 4.69) is 15.5 Å². The quantitative estimate of drug-likeness (QED) is 0.153. The van der Waals surface area contributed by atoms with Crippen LogP contribution < -0.4 is 10.2 Å². The van der Waals surface area contributed by atoms with E-state index < -0.39 is 28.7 Å². The summed E-state index contributed by atoms with van der Waals surface area (Å²) in [6.45, 7) is 0. The van der Waals surface area contributed by atoms with Gasteiger partial charge < -0.3 is 15.5 Å². The van der Waals surface area contributed by atoms with Crippen molar-refractivity contribution in [3.8, 4) is 0 Å². The number of nitrogens with one attached hydrogen (secondary N) is 1. The van der Waals surface area contributed by atoms with Crippen LogP contribution in [-0.4, -0.2) is 45.1 Å². The van der Waals surface area contributed by atoms with Crippen molar-refractivity contribution in [2.45, 2.75) is 16.6 Å². The van der Waals surface area contributed by atoms with Gasteiger partial charge in [0, 0.05) is 17.0 Å². The molecule has 12 heteroatoms. The minimum Gasteiger partial charge on any atom is -0.478 e. The van der Waals surface area contributed by atoms with Crippen molar-refractivity contribution in [2.75, 3.05) is 10.2 Å². The molecule has 1 saturated heterocycles. The number of nitrogens with zero attached hydrogens (tertiary/aromatic N) is 3. The summed E-state index contributed by atoms with van der Waals surface area (Å²) in [6, 6.07) is 25.6. The second-order valence-electron chi connectivity index (χ2n) is 9.28. The largest absolute Gasteiger partial charge is 0.478 e. The normalized spacial score (nSPS) is 14.7. The minimum absolute atomic E-state index is 0.0156. The van der Waals surface area contributed by atoms with Crippen LogP contribution in [0.3, 0.4) is 0 Å². The second kappa shape index (κ2) is 12.5. The number of hydrogen-bond acceptors (Lipinski definition) is 8. The van der Waals surface area contributed by atoms with Crippen LogP contribution in [0, 0.1) is 0 Å². The first kappa shape index (κ1) is 28.9. The summed E-state index contributed by atoms with van der Waals surface area (Å²) in [7, 11) is 0. The molecule has 1 fully saturated rings. The van der Waals surface area contributed by atoms with Crippen LogP contribution >= 0.6 is 11.8 Å². The van der Waals surface area contributed by atoms with Gasteiger partial charge >= 0.3 is 11.9 Å². The summed E-state index contributed by atoms with van der Waals surface area (Å²) in [5.41, 5.74) is 1.17. The first-order chi connectivity index (χ1) is 20.7. The maximum Gasteiger partial charge on any atom is 0.336 e. The highest BCUT2D eigenvalue weighted by molar-refractivity contribution is 8.00. The number of hydrogen-bond donors (Lipinski definition) is 3. The number of carboxylic acids is 2.